The molecule has 0 N–H and O–H groups in total. The van der Waals surface area contributed by atoms with Crippen molar-refractivity contribution >= 4 is 9.24 Å². The molecule has 0 aliphatic heterocycles. The van der Waals surface area contributed by atoms with Crippen LogP contribution in [0.2, 0.25) is 0 Å². The van der Waals surface area contributed by atoms with Crippen LogP contribution in [0.4, 0.5) is 8.78 Å². The molecule has 0 saturated heterocycles. The van der Waals surface area contributed by atoms with Gasteiger partial charge in [0, 0.05) is 5.56 Å². The quantitative estimate of drug-likeness (QED) is 0.724. The summed E-state index contributed by atoms with van der Waals surface area (Å²) >= 11 is 0. The van der Waals surface area contributed by atoms with Gasteiger partial charge in [-0.15, -0.1) is 0 Å². The smallest absolute Gasteiger partial charge is 0.285 e. The summed E-state index contributed by atoms with van der Waals surface area (Å²) in [6, 6.07) is 11.1. The van der Waals surface area contributed by atoms with Crippen molar-refractivity contribution < 1.29 is 18.3 Å². The number of rotatable bonds is 5. The third-order valence-corrected chi connectivity index (χ3v) is 3.41. The molecule has 0 amide bonds. The number of hydrogen-bond acceptors (Lipinski definition) is 3. The normalized spacial score (nSPS) is 11.0. The maximum absolute atomic E-state index is 13.6. The first kappa shape index (κ1) is 17.2. The van der Waals surface area contributed by atoms with E-state index in [2.05, 4.69) is 0 Å². The number of hydrogen-bond donors (Lipinski definition) is 0. The van der Waals surface area contributed by atoms with E-state index >= 15 is 0 Å². The summed E-state index contributed by atoms with van der Waals surface area (Å²) in [5, 5.41) is 8.95. The Morgan fingerprint density at radius 3 is 2.52 bits per heavy atom. The van der Waals surface area contributed by atoms with Gasteiger partial charge in [0.15, 0.2) is 11.5 Å². The predicted molar refractivity (Wildman–Crippen MR) is 87.2 cm³/mol. The molecule has 0 heterocycles. The second-order valence-electron chi connectivity index (χ2n) is 4.93. The first-order valence-corrected chi connectivity index (χ1v) is 7.55. The Morgan fingerprint density at radius 1 is 1.17 bits per heavy atom. The number of nitrogens with zero attached hydrogens (tertiary/aromatic N) is 1. The van der Waals surface area contributed by atoms with Crippen LogP contribution >= 0.6 is 9.24 Å². The Balaban J connectivity index is 2.40. The van der Waals surface area contributed by atoms with Crippen molar-refractivity contribution in [3.05, 3.63) is 53.1 Å². The molecule has 2 aromatic rings. The van der Waals surface area contributed by atoms with Crippen molar-refractivity contribution in [2.45, 2.75) is 19.5 Å². The molecule has 3 nitrogen and oxygen atoms in total. The zero-order valence-corrected chi connectivity index (χ0v) is 13.9. The Labute approximate surface area is 136 Å². The van der Waals surface area contributed by atoms with Gasteiger partial charge in [-0.3, -0.25) is 0 Å². The number of nitriles is 1. The molecule has 1 atom stereocenters. The number of aryl methyl sites for hydroxylation is 1. The van der Waals surface area contributed by atoms with Crippen molar-refractivity contribution in [1.82, 2.24) is 0 Å². The standard InChI is InChI=1S/C17H16F2NO2P/c1-3-21-16-8-11(2)4-7-15(16)22-13-6-5-12(10-20)14(9-13)17(18,19)23/h4-9H,3,23H2,1-2H3. The number of alkyl halides is 2. The number of ether oxygens (including phenoxy) is 2. The Kier molecular flexibility index (Phi) is 5.18. The molecule has 0 aromatic heterocycles. The van der Waals surface area contributed by atoms with Crippen LogP contribution in [-0.4, -0.2) is 6.61 Å². The lowest BCUT2D eigenvalue weighted by Gasteiger charge is -2.16. The van der Waals surface area contributed by atoms with Gasteiger partial charge in [-0.2, -0.15) is 14.0 Å². The summed E-state index contributed by atoms with van der Waals surface area (Å²) < 4.78 is 38.4. The fourth-order valence-electron chi connectivity index (χ4n) is 2.05. The molecule has 0 aliphatic rings. The largest absolute Gasteiger partial charge is 0.490 e. The second kappa shape index (κ2) is 6.93. The lowest BCUT2D eigenvalue weighted by atomic mass is 10.1. The molecule has 23 heavy (non-hydrogen) atoms. The van der Waals surface area contributed by atoms with E-state index in [1.165, 1.54) is 27.4 Å². The highest BCUT2D eigenvalue weighted by molar-refractivity contribution is 7.17. The topological polar surface area (TPSA) is 42.2 Å². The molecule has 0 radical (unpaired) electrons. The van der Waals surface area contributed by atoms with Gasteiger partial charge in [-0.25, -0.2) is 0 Å². The van der Waals surface area contributed by atoms with Gasteiger partial charge in [0.1, 0.15) is 5.75 Å². The molecule has 120 valence electrons. The average molecular weight is 335 g/mol. The Bertz CT molecular complexity index is 751. The minimum Gasteiger partial charge on any atom is -0.490 e. The molecule has 2 aromatic carbocycles. The zero-order chi connectivity index (χ0) is 17.0. The van der Waals surface area contributed by atoms with Crippen LogP contribution in [0.15, 0.2) is 36.4 Å². The van der Waals surface area contributed by atoms with Crippen LogP contribution in [0.1, 0.15) is 23.6 Å². The Morgan fingerprint density at radius 2 is 1.91 bits per heavy atom. The lowest BCUT2D eigenvalue weighted by Crippen LogP contribution is -2.06. The van der Waals surface area contributed by atoms with Crippen LogP contribution < -0.4 is 9.47 Å². The summed E-state index contributed by atoms with van der Waals surface area (Å²) in [5.41, 5.74) is -2.70. The van der Waals surface area contributed by atoms with Crippen molar-refractivity contribution in [1.29, 1.82) is 5.26 Å². The van der Waals surface area contributed by atoms with Crippen molar-refractivity contribution in [3.63, 3.8) is 0 Å². The molecule has 0 saturated carbocycles. The van der Waals surface area contributed by atoms with E-state index in [1.807, 2.05) is 26.0 Å². The highest BCUT2D eigenvalue weighted by Crippen LogP contribution is 2.40. The summed E-state index contributed by atoms with van der Waals surface area (Å²) in [7, 11) is 1.43. The van der Waals surface area contributed by atoms with E-state index in [9.17, 15) is 8.78 Å². The van der Waals surface area contributed by atoms with E-state index < -0.39 is 11.2 Å². The molecule has 0 spiro atoms. The first-order valence-electron chi connectivity index (χ1n) is 6.97. The zero-order valence-electron chi connectivity index (χ0n) is 12.8. The summed E-state index contributed by atoms with van der Waals surface area (Å²) in [6.07, 6.45) is 0. The molecule has 0 fully saturated rings. The minimum atomic E-state index is -3.21. The summed E-state index contributed by atoms with van der Waals surface area (Å²) in [5.74, 6) is 1.18. The fraction of sp³-hybridized carbons (Fsp3) is 0.235. The van der Waals surface area contributed by atoms with Crippen LogP contribution in [0, 0.1) is 18.3 Å². The van der Waals surface area contributed by atoms with Crippen molar-refractivity contribution in [3.8, 4) is 23.3 Å². The number of halogens is 2. The monoisotopic (exact) mass is 335 g/mol. The van der Waals surface area contributed by atoms with E-state index in [-0.39, 0.29) is 11.3 Å². The predicted octanol–water partition coefficient (Wildman–Crippen LogP) is 4.98. The lowest BCUT2D eigenvalue weighted by molar-refractivity contribution is 0.103. The van der Waals surface area contributed by atoms with Crippen LogP contribution in [0.25, 0.3) is 0 Å². The van der Waals surface area contributed by atoms with E-state index in [1.54, 1.807) is 12.1 Å². The SMILES string of the molecule is CCOc1cc(C)ccc1Oc1ccc(C#N)c(C(F)(F)P)c1. The van der Waals surface area contributed by atoms with E-state index in [0.717, 1.165) is 5.56 Å². The highest BCUT2D eigenvalue weighted by atomic mass is 31.0. The molecule has 6 heteroatoms. The molecular weight excluding hydrogens is 319 g/mol. The van der Waals surface area contributed by atoms with Crippen molar-refractivity contribution in [2.24, 2.45) is 0 Å². The van der Waals surface area contributed by atoms with Crippen LogP contribution in [0.5, 0.6) is 17.2 Å². The summed E-state index contributed by atoms with van der Waals surface area (Å²) in [4.78, 5) is 0. The van der Waals surface area contributed by atoms with E-state index in [4.69, 9.17) is 14.7 Å². The molecular formula is C17H16F2NO2P. The average Bonchev–Trinajstić information content (AvgIpc) is 2.49. The minimum absolute atomic E-state index is 0.0914. The van der Waals surface area contributed by atoms with Gasteiger partial charge in [0.25, 0.3) is 5.66 Å². The molecule has 0 bridgehead atoms. The second-order valence-corrected chi connectivity index (χ2v) is 5.65. The van der Waals surface area contributed by atoms with Gasteiger partial charge >= 0.3 is 0 Å². The van der Waals surface area contributed by atoms with Crippen LogP contribution in [-0.2, 0) is 5.66 Å². The first-order chi connectivity index (χ1) is 10.8. The van der Waals surface area contributed by atoms with Gasteiger partial charge < -0.3 is 9.47 Å². The maximum atomic E-state index is 13.6. The van der Waals surface area contributed by atoms with E-state index in [0.29, 0.717) is 18.1 Å². The maximum Gasteiger partial charge on any atom is 0.285 e. The molecule has 2 rings (SSSR count). The van der Waals surface area contributed by atoms with Crippen LogP contribution in [0.3, 0.4) is 0 Å². The summed E-state index contributed by atoms with van der Waals surface area (Å²) in [6.45, 7) is 4.23. The van der Waals surface area contributed by atoms with Crippen molar-refractivity contribution in [2.75, 3.05) is 6.61 Å². The highest BCUT2D eigenvalue weighted by Gasteiger charge is 2.28. The van der Waals surface area contributed by atoms with Gasteiger partial charge in [-0.1, -0.05) is 15.3 Å². The van der Waals surface area contributed by atoms with Gasteiger partial charge in [0.05, 0.1) is 18.2 Å². The van der Waals surface area contributed by atoms with Gasteiger partial charge in [0.2, 0.25) is 0 Å². The molecule has 1 unspecified atom stereocenters. The third kappa shape index (κ3) is 4.18. The number of benzene rings is 2. The fourth-order valence-corrected chi connectivity index (χ4v) is 2.29. The Hall–Kier alpha value is -2.18. The molecule has 0 aliphatic carbocycles. The third-order valence-electron chi connectivity index (χ3n) is 3.10. The van der Waals surface area contributed by atoms with Gasteiger partial charge in [-0.05, 0) is 49.7 Å².